The number of carbonyl (C=O) groups is 2. The predicted molar refractivity (Wildman–Crippen MR) is 105 cm³/mol. The molecule has 0 aromatic rings. The van der Waals surface area contributed by atoms with Gasteiger partial charge in [0.2, 0.25) is 0 Å². The Bertz CT molecular complexity index is 866. The summed E-state index contributed by atoms with van der Waals surface area (Å²) in [5.41, 5.74) is -0.446. The fourth-order valence-corrected chi connectivity index (χ4v) is 8.74. The molecule has 2 bridgehead atoms. The van der Waals surface area contributed by atoms with Crippen molar-refractivity contribution in [3.8, 4) is 0 Å². The van der Waals surface area contributed by atoms with Crippen LogP contribution in [0.5, 0.6) is 0 Å². The molecule has 0 amide bonds. The van der Waals surface area contributed by atoms with Crippen LogP contribution < -0.4 is 0 Å². The van der Waals surface area contributed by atoms with Gasteiger partial charge in [0.05, 0.1) is 18.8 Å². The molecule has 6 heteroatoms. The first kappa shape index (κ1) is 19.6. The highest BCUT2D eigenvalue weighted by Crippen LogP contribution is 2.72. The van der Waals surface area contributed by atoms with Crippen LogP contribution in [0.2, 0.25) is 0 Å². The zero-order chi connectivity index (χ0) is 21.1. The molecule has 2 heterocycles. The van der Waals surface area contributed by atoms with Gasteiger partial charge in [-0.15, -0.1) is 0 Å². The van der Waals surface area contributed by atoms with Gasteiger partial charge in [0.15, 0.2) is 29.6 Å². The molecule has 0 N–H and O–H groups in total. The maximum Gasteiger partial charge on any atom is 0.198 e. The van der Waals surface area contributed by atoms with Crippen LogP contribution in [0.4, 0.5) is 4.39 Å². The van der Waals surface area contributed by atoms with Gasteiger partial charge in [0.1, 0.15) is 0 Å². The largest absolute Gasteiger partial charge is 0.373 e. The van der Waals surface area contributed by atoms with Gasteiger partial charge in [-0.25, -0.2) is 4.39 Å². The molecule has 2 aliphatic heterocycles. The average molecular weight is 419 g/mol. The number of Topliss-reactive ketones (excluding diaryl/α,β-unsaturated/α-hetero) is 1. The van der Waals surface area contributed by atoms with Gasteiger partial charge in [-0.2, -0.15) is 0 Å². The number of rotatable bonds is 2. The zero-order valence-corrected chi connectivity index (χ0v) is 18.0. The SMILES string of the molecule is CC1(C)O[C@@H]2C[C@H]3[C@@H]4CC5OC[C@@]6(CCC(=O)C=C56)[C@H]4CC[C@]3(C)[C@]2(C(=O)CF)O1. The van der Waals surface area contributed by atoms with Crippen molar-refractivity contribution in [2.75, 3.05) is 13.3 Å². The van der Waals surface area contributed by atoms with Gasteiger partial charge in [0.25, 0.3) is 0 Å². The fraction of sp³-hybridized carbons (Fsp3) is 0.833. The minimum absolute atomic E-state index is 0.00407. The van der Waals surface area contributed by atoms with Crippen LogP contribution in [0, 0.1) is 28.6 Å². The van der Waals surface area contributed by atoms with Gasteiger partial charge in [-0.05, 0) is 75.4 Å². The van der Waals surface area contributed by atoms with Crippen molar-refractivity contribution in [1.82, 2.24) is 0 Å². The highest BCUT2D eigenvalue weighted by molar-refractivity contribution is 5.92. The minimum Gasteiger partial charge on any atom is -0.373 e. The summed E-state index contributed by atoms with van der Waals surface area (Å²) < 4.78 is 32.7. The summed E-state index contributed by atoms with van der Waals surface area (Å²) in [5.74, 6) is -0.0634. The van der Waals surface area contributed by atoms with Crippen LogP contribution in [-0.2, 0) is 23.8 Å². The molecule has 6 rings (SSSR count). The second-order valence-corrected chi connectivity index (χ2v) is 11.2. The number of hydrogen-bond acceptors (Lipinski definition) is 5. The van der Waals surface area contributed by atoms with E-state index in [4.69, 9.17) is 14.2 Å². The van der Waals surface area contributed by atoms with Crippen molar-refractivity contribution in [2.24, 2.45) is 28.6 Å². The number of alkyl halides is 1. The molecule has 6 aliphatic rings. The molecule has 0 aromatic carbocycles. The molecule has 0 aromatic heterocycles. The van der Waals surface area contributed by atoms with Crippen molar-refractivity contribution < 1.29 is 28.2 Å². The summed E-state index contributed by atoms with van der Waals surface area (Å²) >= 11 is 0. The molecule has 2 saturated heterocycles. The first-order chi connectivity index (χ1) is 14.2. The fourth-order valence-electron chi connectivity index (χ4n) is 8.74. The molecule has 1 unspecified atom stereocenters. The molecule has 0 spiro atoms. The lowest BCUT2D eigenvalue weighted by molar-refractivity contribution is -0.214. The molecule has 5 fully saturated rings. The Hall–Kier alpha value is -1.11. The van der Waals surface area contributed by atoms with Crippen molar-refractivity contribution in [3.63, 3.8) is 0 Å². The lowest BCUT2D eigenvalue weighted by Gasteiger charge is -2.58. The van der Waals surface area contributed by atoms with E-state index < -0.39 is 35.4 Å². The lowest BCUT2D eigenvalue weighted by Crippen LogP contribution is -2.61. The van der Waals surface area contributed by atoms with Crippen molar-refractivity contribution in [2.45, 2.75) is 82.9 Å². The first-order valence-electron chi connectivity index (χ1n) is 11.5. The molecule has 3 saturated carbocycles. The number of hydrogen-bond donors (Lipinski definition) is 0. The van der Waals surface area contributed by atoms with Gasteiger partial charge in [-0.3, -0.25) is 9.59 Å². The van der Waals surface area contributed by atoms with E-state index in [1.807, 2.05) is 19.9 Å². The standard InChI is InChI=1S/C24H31FO5/c1-21(2)29-20-10-16-14-9-18-17-8-13(26)4-7-23(17,12-28-18)15(14)5-6-22(16,3)24(20,30-21)19(27)11-25/h8,14-16,18,20H,4-7,9-12H2,1-3H3/t14-,15+,16+,18?,20-,22+,23+,24-/m1/s1. The smallest absolute Gasteiger partial charge is 0.198 e. The molecule has 8 atom stereocenters. The number of ether oxygens (including phenoxy) is 3. The topological polar surface area (TPSA) is 61.8 Å². The van der Waals surface area contributed by atoms with E-state index in [2.05, 4.69) is 6.92 Å². The summed E-state index contributed by atoms with van der Waals surface area (Å²) in [6.45, 7) is 5.48. The maximum atomic E-state index is 13.8. The molecule has 0 radical (unpaired) electrons. The van der Waals surface area contributed by atoms with Crippen LogP contribution in [0.3, 0.4) is 0 Å². The summed E-state index contributed by atoms with van der Waals surface area (Å²) in [6, 6.07) is 0. The Morgan fingerprint density at radius 1 is 1.20 bits per heavy atom. The number of carbonyl (C=O) groups excluding carboxylic acids is 2. The third kappa shape index (κ3) is 2.09. The average Bonchev–Trinajstić information content (AvgIpc) is 3.22. The summed E-state index contributed by atoms with van der Waals surface area (Å²) in [6.07, 6.45) is 6.32. The summed E-state index contributed by atoms with van der Waals surface area (Å²) in [4.78, 5) is 25.2. The lowest BCUT2D eigenvalue weighted by atomic mass is 9.46. The molecular formula is C24H31FO5. The minimum atomic E-state index is -1.20. The molecule has 164 valence electrons. The highest BCUT2D eigenvalue weighted by Gasteiger charge is 2.76. The second kappa shape index (κ2) is 5.81. The van der Waals surface area contributed by atoms with E-state index in [1.165, 1.54) is 5.57 Å². The van der Waals surface area contributed by atoms with Gasteiger partial charge in [0, 0.05) is 17.3 Å². The van der Waals surface area contributed by atoms with Crippen molar-refractivity contribution in [3.05, 3.63) is 11.6 Å². The third-order valence-corrected chi connectivity index (χ3v) is 9.76. The third-order valence-electron chi connectivity index (χ3n) is 9.76. The quantitative estimate of drug-likeness (QED) is 0.686. The number of ketones is 2. The van der Waals surface area contributed by atoms with Crippen molar-refractivity contribution in [1.29, 1.82) is 0 Å². The molecule has 30 heavy (non-hydrogen) atoms. The Balaban J connectivity index is 1.42. The normalized spacial score (nSPS) is 52.9. The van der Waals surface area contributed by atoms with Crippen molar-refractivity contribution >= 4 is 11.6 Å². The Morgan fingerprint density at radius 3 is 2.77 bits per heavy atom. The Morgan fingerprint density at radius 2 is 2.00 bits per heavy atom. The second-order valence-electron chi connectivity index (χ2n) is 11.2. The van der Waals surface area contributed by atoms with Crippen LogP contribution in [0.25, 0.3) is 0 Å². The van der Waals surface area contributed by atoms with Gasteiger partial charge >= 0.3 is 0 Å². The first-order valence-corrected chi connectivity index (χ1v) is 11.5. The maximum absolute atomic E-state index is 13.8. The Labute approximate surface area is 176 Å². The van der Waals surface area contributed by atoms with Crippen LogP contribution in [0.15, 0.2) is 11.6 Å². The van der Waals surface area contributed by atoms with Gasteiger partial charge in [-0.1, -0.05) is 6.92 Å². The summed E-state index contributed by atoms with van der Waals surface area (Å²) in [7, 11) is 0. The number of halogens is 1. The Kier molecular flexibility index (Phi) is 3.79. The number of fused-ring (bicyclic) bond motifs is 5. The predicted octanol–water partition coefficient (Wildman–Crippen LogP) is 3.55. The van der Waals surface area contributed by atoms with Crippen LogP contribution in [0.1, 0.15) is 59.3 Å². The zero-order valence-electron chi connectivity index (χ0n) is 18.0. The van der Waals surface area contributed by atoms with Crippen LogP contribution >= 0.6 is 0 Å². The van der Waals surface area contributed by atoms with Crippen LogP contribution in [-0.4, -0.2) is 48.4 Å². The molecule has 5 nitrogen and oxygen atoms in total. The van der Waals surface area contributed by atoms with E-state index in [1.54, 1.807) is 0 Å². The van der Waals surface area contributed by atoms with E-state index in [-0.39, 0.29) is 23.2 Å². The molecule has 4 aliphatic carbocycles. The van der Waals surface area contributed by atoms with E-state index in [0.29, 0.717) is 24.9 Å². The summed E-state index contributed by atoms with van der Waals surface area (Å²) in [5, 5.41) is 0. The van der Waals surface area contributed by atoms with E-state index in [0.717, 1.165) is 32.1 Å². The van der Waals surface area contributed by atoms with E-state index in [9.17, 15) is 14.0 Å². The van der Waals surface area contributed by atoms with E-state index >= 15 is 0 Å². The van der Waals surface area contributed by atoms with Gasteiger partial charge < -0.3 is 14.2 Å². The molecular weight excluding hydrogens is 387 g/mol. The monoisotopic (exact) mass is 418 g/mol. The highest BCUT2D eigenvalue weighted by atomic mass is 19.1.